The zero-order valence-corrected chi connectivity index (χ0v) is 15.0. The fourth-order valence-electron chi connectivity index (χ4n) is 2.52. The van der Waals surface area contributed by atoms with Gasteiger partial charge in [-0.05, 0) is 60.0 Å². The van der Waals surface area contributed by atoms with Crippen LogP contribution in [0, 0.1) is 29.6 Å². The Morgan fingerprint density at radius 2 is 1.15 bits per heavy atom. The number of hydrogen-bond donors (Lipinski definition) is 0. The van der Waals surface area contributed by atoms with E-state index in [-0.39, 0.29) is 0 Å². The van der Waals surface area contributed by atoms with Gasteiger partial charge in [0.05, 0.1) is 23.3 Å². The molecule has 0 heterocycles. The lowest BCUT2D eigenvalue weighted by atomic mass is 10.1. The lowest BCUT2D eigenvalue weighted by Crippen LogP contribution is -2.01. The van der Waals surface area contributed by atoms with Crippen LogP contribution in [0.5, 0.6) is 11.5 Å². The first-order valence-electron chi connectivity index (χ1n) is 8.52. The van der Waals surface area contributed by atoms with Crippen molar-refractivity contribution in [1.82, 2.24) is 0 Å². The molecule has 3 rings (SSSR count). The predicted octanol–water partition coefficient (Wildman–Crippen LogP) is 4.90. The van der Waals surface area contributed by atoms with E-state index in [9.17, 15) is 0 Å². The highest BCUT2D eigenvalue weighted by Gasteiger charge is 2.07. The van der Waals surface area contributed by atoms with Crippen LogP contribution in [-0.4, -0.2) is 0 Å². The fraction of sp³-hybridized carbons (Fsp3) is 0.130. The third kappa shape index (κ3) is 4.87. The Labute approximate surface area is 158 Å². The van der Waals surface area contributed by atoms with Crippen molar-refractivity contribution in [2.75, 3.05) is 0 Å². The van der Waals surface area contributed by atoms with Gasteiger partial charge in [-0.1, -0.05) is 30.3 Å². The first-order chi connectivity index (χ1) is 13.2. The topological polar surface area (TPSA) is 66.0 Å². The summed E-state index contributed by atoms with van der Waals surface area (Å²) in [5.74, 6) is 1.34. The second-order valence-electron chi connectivity index (χ2n) is 6.14. The van der Waals surface area contributed by atoms with E-state index in [0.29, 0.717) is 35.8 Å². The summed E-state index contributed by atoms with van der Waals surface area (Å²) in [6.07, 6.45) is 0. The lowest BCUT2D eigenvalue weighted by Gasteiger charge is -2.14. The number of benzene rings is 3. The monoisotopic (exact) mass is 354 g/mol. The third-order valence-electron chi connectivity index (χ3n) is 4.05. The molecule has 0 fully saturated rings. The number of hydrogen-bond acceptors (Lipinski definition) is 4. The van der Waals surface area contributed by atoms with Crippen molar-refractivity contribution in [3.63, 3.8) is 0 Å². The van der Waals surface area contributed by atoms with Crippen molar-refractivity contribution >= 4 is 0 Å². The minimum atomic E-state index is 0.391. The molecule has 0 amide bonds. The van der Waals surface area contributed by atoms with E-state index >= 15 is 0 Å². The van der Waals surface area contributed by atoms with Gasteiger partial charge in [0.1, 0.15) is 13.2 Å². The zero-order valence-electron chi connectivity index (χ0n) is 15.0. The molecule has 0 spiro atoms. The number of rotatable bonds is 6. The molecule has 27 heavy (non-hydrogen) atoms. The molecule has 0 aliphatic heterocycles. The second kappa shape index (κ2) is 8.56. The molecule has 0 unspecified atom stereocenters. The normalized spacial score (nSPS) is 9.89. The van der Waals surface area contributed by atoms with E-state index in [4.69, 9.17) is 20.0 Å². The standard InChI is InChI=1S/C23H18N2O2/c1-17-2-11-22(26-15-20-7-3-18(13-24)4-8-20)23(12-17)27-16-21-9-5-19(14-25)6-10-21/h2-12H,15-16H2,1H3. The molecule has 0 aliphatic rings. The van der Waals surface area contributed by atoms with Gasteiger partial charge in [0.2, 0.25) is 0 Å². The van der Waals surface area contributed by atoms with Crippen LogP contribution in [0.4, 0.5) is 0 Å². The summed E-state index contributed by atoms with van der Waals surface area (Å²) >= 11 is 0. The highest BCUT2D eigenvalue weighted by Crippen LogP contribution is 2.30. The Hall–Kier alpha value is -3.76. The summed E-state index contributed by atoms with van der Waals surface area (Å²) < 4.78 is 11.9. The summed E-state index contributed by atoms with van der Waals surface area (Å²) in [6.45, 7) is 2.78. The van der Waals surface area contributed by atoms with Crippen molar-refractivity contribution in [2.24, 2.45) is 0 Å². The van der Waals surface area contributed by atoms with Gasteiger partial charge >= 0.3 is 0 Å². The highest BCUT2D eigenvalue weighted by atomic mass is 16.5. The maximum Gasteiger partial charge on any atom is 0.161 e. The molecular formula is C23H18N2O2. The van der Waals surface area contributed by atoms with Gasteiger partial charge in [-0.25, -0.2) is 0 Å². The largest absolute Gasteiger partial charge is 0.485 e. The van der Waals surface area contributed by atoms with Crippen LogP contribution in [0.2, 0.25) is 0 Å². The Balaban J connectivity index is 1.68. The van der Waals surface area contributed by atoms with Gasteiger partial charge in [-0.3, -0.25) is 0 Å². The van der Waals surface area contributed by atoms with Crippen LogP contribution in [-0.2, 0) is 13.2 Å². The van der Waals surface area contributed by atoms with Crippen molar-refractivity contribution in [1.29, 1.82) is 10.5 Å². The van der Waals surface area contributed by atoms with Crippen molar-refractivity contribution in [3.05, 3.63) is 94.5 Å². The first kappa shape index (κ1) is 18.0. The summed E-state index contributed by atoms with van der Waals surface area (Å²) in [6, 6.07) is 24.6. The predicted molar refractivity (Wildman–Crippen MR) is 102 cm³/mol. The minimum Gasteiger partial charge on any atom is -0.485 e. The summed E-state index contributed by atoms with van der Waals surface area (Å²) in [7, 11) is 0. The van der Waals surface area contributed by atoms with Crippen LogP contribution in [0.1, 0.15) is 27.8 Å². The first-order valence-corrected chi connectivity index (χ1v) is 8.52. The van der Waals surface area contributed by atoms with Crippen LogP contribution in [0.3, 0.4) is 0 Å². The molecule has 3 aromatic rings. The van der Waals surface area contributed by atoms with Crippen molar-refractivity contribution in [2.45, 2.75) is 20.1 Å². The van der Waals surface area contributed by atoms with Gasteiger partial charge in [0.15, 0.2) is 11.5 Å². The highest BCUT2D eigenvalue weighted by molar-refractivity contribution is 5.43. The smallest absolute Gasteiger partial charge is 0.161 e. The molecule has 0 atom stereocenters. The molecule has 0 saturated carbocycles. The summed E-state index contributed by atoms with van der Waals surface area (Å²) in [5.41, 5.74) is 4.29. The Kier molecular flexibility index (Phi) is 5.72. The number of nitriles is 2. The van der Waals surface area contributed by atoms with Crippen LogP contribution >= 0.6 is 0 Å². The average Bonchev–Trinajstić information content (AvgIpc) is 2.72. The average molecular weight is 354 g/mol. The third-order valence-corrected chi connectivity index (χ3v) is 4.05. The lowest BCUT2D eigenvalue weighted by molar-refractivity contribution is 0.256. The van der Waals surface area contributed by atoms with Gasteiger partial charge < -0.3 is 9.47 Å². The van der Waals surface area contributed by atoms with Crippen molar-refractivity contribution < 1.29 is 9.47 Å². The molecule has 132 valence electrons. The van der Waals surface area contributed by atoms with Crippen LogP contribution < -0.4 is 9.47 Å². The minimum absolute atomic E-state index is 0.391. The quantitative estimate of drug-likeness (QED) is 0.632. The molecule has 0 aliphatic carbocycles. The molecule has 4 heteroatoms. The second-order valence-corrected chi connectivity index (χ2v) is 6.14. The van der Waals surface area contributed by atoms with Gasteiger partial charge in [0.25, 0.3) is 0 Å². The van der Waals surface area contributed by atoms with E-state index in [2.05, 4.69) is 12.1 Å². The molecular weight excluding hydrogens is 336 g/mol. The maximum atomic E-state index is 8.87. The van der Waals surface area contributed by atoms with E-state index in [1.54, 1.807) is 24.3 Å². The van der Waals surface area contributed by atoms with Crippen molar-refractivity contribution in [3.8, 4) is 23.6 Å². The SMILES string of the molecule is Cc1ccc(OCc2ccc(C#N)cc2)c(OCc2ccc(C#N)cc2)c1. The number of aryl methyl sites for hydroxylation is 1. The van der Waals surface area contributed by atoms with E-state index in [0.717, 1.165) is 16.7 Å². The fourth-order valence-corrected chi connectivity index (χ4v) is 2.52. The molecule has 0 saturated heterocycles. The molecule has 3 aromatic carbocycles. The Morgan fingerprint density at radius 3 is 1.63 bits per heavy atom. The summed E-state index contributed by atoms with van der Waals surface area (Å²) in [4.78, 5) is 0. The number of nitrogens with zero attached hydrogens (tertiary/aromatic N) is 2. The molecule has 4 nitrogen and oxygen atoms in total. The Bertz CT molecular complexity index is 995. The van der Waals surface area contributed by atoms with Crippen LogP contribution in [0.25, 0.3) is 0 Å². The Morgan fingerprint density at radius 1 is 0.667 bits per heavy atom. The van der Waals surface area contributed by atoms with E-state index < -0.39 is 0 Å². The van der Waals surface area contributed by atoms with E-state index in [1.807, 2.05) is 49.4 Å². The molecule has 0 radical (unpaired) electrons. The van der Waals surface area contributed by atoms with Gasteiger partial charge in [-0.15, -0.1) is 0 Å². The molecule has 0 aromatic heterocycles. The van der Waals surface area contributed by atoms with Gasteiger partial charge in [-0.2, -0.15) is 10.5 Å². The van der Waals surface area contributed by atoms with Crippen LogP contribution in [0.15, 0.2) is 66.7 Å². The zero-order chi connectivity index (χ0) is 19.1. The van der Waals surface area contributed by atoms with E-state index in [1.165, 1.54) is 0 Å². The number of ether oxygens (including phenoxy) is 2. The maximum absolute atomic E-state index is 8.87. The molecule has 0 bridgehead atoms. The summed E-state index contributed by atoms with van der Waals surface area (Å²) in [5, 5.41) is 17.7. The van der Waals surface area contributed by atoms with Gasteiger partial charge in [0, 0.05) is 0 Å². The molecule has 0 N–H and O–H groups in total.